The van der Waals surface area contributed by atoms with Gasteiger partial charge >= 0.3 is 0 Å². The maximum Gasteiger partial charge on any atom is 0.262 e. The summed E-state index contributed by atoms with van der Waals surface area (Å²) in [4.78, 5) is 0.250. The summed E-state index contributed by atoms with van der Waals surface area (Å²) in [7, 11) is -7.62. The molecule has 172 valence electrons. The van der Waals surface area contributed by atoms with Crippen molar-refractivity contribution >= 4 is 31.4 Å². The molecule has 3 aromatic rings. The van der Waals surface area contributed by atoms with Crippen LogP contribution in [0.3, 0.4) is 0 Å². The third-order valence-electron chi connectivity index (χ3n) is 5.59. The molecule has 8 nitrogen and oxygen atoms in total. The Bertz CT molecular complexity index is 1420. The van der Waals surface area contributed by atoms with Crippen LogP contribution in [0.15, 0.2) is 70.5 Å². The summed E-state index contributed by atoms with van der Waals surface area (Å²) in [5.41, 5.74) is 2.90. The van der Waals surface area contributed by atoms with Gasteiger partial charge in [-0.1, -0.05) is 6.07 Å². The highest BCUT2D eigenvalue weighted by Gasteiger charge is 2.21. The van der Waals surface area contributed by atoms with Crippen molar-refractivity contribution in [2.45, 2.75) is 29.1 Å². The number of benzene rings is 3. The van der Waals surface area contributed by atoms with Gasteiger partial charge in [-0.25, -0.2) is 16.8 Å². The van der Waals surface area contributed by atoms with E-state index in [-0.39, 0.29) is 9.79 Å². The normalized spacial score (nSPS) is 15.0. The van der Waals surface area contributed by atoms with Crippen molar-refractivity contribution < 1.29 is 26.3 Å². The number of ether oxygens (including phenoxy) is 2. The molecule has 0 radical (unpaired) electrons. The molecular formula is C23H22N2O6S2. The second-order valence-electron chi connectivity index (χ2n) is 7.88. The third kappa shape index (κ3) is 4.49. The minimum atomic E-state index is -3.87. The molecule has 1 aliphatic carbocycles. The van der Waals surface area contributed by atoms with Gasteiger partial charge < -0.3 is 9.47 Å². The molecule has 0 saturated carbocycles. The number of nitrogens with one attached hydrogen (secondary N) is 2. The summed E-state index contributed by atoms with van der Waals surface area (Å²) in [6, 6.07) is 15.6. The van der Waals surface area contributed by atoms with E-state index in [0.717, 1.165) is 24.8 Å². The Morgan fingerprint density at radius 3 is 1.82 bits per heavy atom. The zero-order valence-corrected chi connectivity index (χ0v) is 19.2. The molecule has 0 saturated heterocycles. The van der Waals surface area contributed by atoms with Gasteiger partial charge in [-0.05, 0) is 78.9 Å². The van der Waals surface area contributed by atoms with Crippen molar-refractivity contribution in [3.05, 3.63) is 71.8 Å². The highest BCUT2D eigenvalue weighted by atomic mass is 32.2. The molecule has 0 fully saturated rings. The molecule has 1 aliphatic heterocycles. The Morgan fingerprint density at radius 2 is 1.15 bits per heavy atom. The van der Waals surface area contributed by atoms with E-state index in [1.165, 1.54) is 42.0 Å². The molecule has 0 atom stereocenters. The number of rotatable bonds is 6. The highest BCUT2D eigenvalue weighted by molar-refractivity contribution is 7.93. The first-order valence-corrected chi connectivity index (χ1v) is 13.4. The van der Waals surface area contributed by atoms with E-state index in [0.29, 0.717) is 36.1 Å². The second-order valence-corrected chi connectivity index (χ2v) is 11.2. The van der Waals surface area contributed by atoms with Crippen LogP contribution in [0.4, 0.5) is 11.4 Å². The van der Waals surface area contributed by atoms with E-state index in [4.69, 9.17) is 9.47 Å². The lowest BCUT2D eigenvalue weighted by atomic mass is 10.1. The first kappa shape index (κ1) is 21.6. The van der Waals surface area contributed by atoms with Gasteiger partial charge in [0.15, 0.2) is 11.5 Å². The fourth-order valence-electron chi connectivity index (χ4n) is 3.94. The van der Waals surface area contributed by atoms with Crippen LogP contribution in [0, 0.1) is 0 Å². The van der Waals surface area contributed by atoms with Crippen molar-refractivity contribution in [1.29, 1.82) is 0 Å². The van der Waals surface area contributed by atoms with Gasteiger partial charge in [-0.2, -0.15) is 0 Å². The maximum absolute atomic E-state index is 12.8. The van der Waals surface area contributed by atoms with Crippen LogP contribution in [-0.4, -0.2) is 30.0 Å². The molecule has 2 N–H and O–H groups in total. The molecule has 0 amide bonds. The number of aryl methyl sites for hydroxylation is 2. The monoisotopic (exact) mass is 486 g/mol. The lowest BCUT2D eigenvalue weighted by Gasteiger charge is -2.19. The van der Waals surface area contributed by atoms with E-state index in [9.17, 15) is 16.8 Å². The molecule has 0 unspecified atom stereocenters. The van der Waals surface area contributed by atoms with Gasteiger partial charge in [0.25, 0.3) is 20.0 Å². The van der Waals surface area contributed by atoms with Gasteiger partial charge in [-0.3, -0.25) is 9.44 Å². The summed E-state index contributed by atoms with van der Waals surface area (Å²) < 4.78 is 67.0. The van der Waals surface area contributed by atoms with Crippen LogP contribution in [0.25, 0.3) is 0 Å². The standard InChI is InChI=1S/C23H22N2O6S2/c26-32(27,20-9-4-16-2-1-3-17(16)14-20)24-18-5-7-19(8-6-18)25-33(28,29)21-10-11-22-23(15-21)31-13-12-30-22/h4-11,14-15,24-25H,1-3,12-13H2. The minimum absolute atomic E-state index is 0.0353. The summed E-state index contributed by atoms with van der Waals surface area (Å²) >= 11 is 0. The Labute approximate surface area is 192 Å². The predicted molar refractivity (Wildman–Crippen MR) is 124 cm³/mol. The molecule has 33 heavy (non-hydrogen) atoms. The van der Waals surface area contributed by atoms with Crippen molar-refractivity contribution in [1.82, 2.24) is 0 Å². The molecule has 3 aromatic carbocycles. The topological polar surface area (TPSA) is 111 Å². The number of hydrogen-bond donors (Lipinski definition) is 2. The number of sulfonamides is 2. The average Bonchev–Trinajstić information content (AvgIpc) is 3.28. The maximum atomic E-state index is 12.8. The van der Waals surface area contributed by atoms with Crippen LogP contribution in [0.2, 0.25) is 0 Å². The number of hydrogen-bond acceptors (Lipinski definition) is 6. The first-order valence-electron chi connectivity index (χ1n) is 10.5. The average molecular weight is 487 g/mol. The van der Waals surface area contributed by atoms with Crippen molar-refractivity contribution in [3.8, 4) is 11.5 Å². The lowest BCUT2D eigenvalue weighted by Crippen LogP contribution is -2.17. The summed E-state index contributed by atoms with van der Waals surface area (Å²) in [6.07, 6.45) is 2.90. The van der Waals surface area contributed by atoms with Gasteiger partial charge in [0.2, 0.25) is 0 Å². The molecule has 0 spiro atoms. The zero-order chi connectivity index (χ0) is 23.1. The summed E-state index contributed by atoms with van der Waals surface area (Å²) in [5, 5.41) is 0. The largest absolute Gasteiger partial charge is 0.486 e. The summed E-state index contributed by atoms with van der Waals surface area (Å²) in [5.74, 6) is 0.876. The molecular weight excluding hydrogens is 464 g/mol. The van der Waals surface area contributed by atoms with Gasteiger partial charge in [-0.15, -0.1) is 0 Å². The van der Waals surface area contributed by atoms with Gasteiger partial charge in [0.1, 0.15) is 13.2 Å². The minimum Gasteiger partial charge on any atom is -0.486 e. The molecule has 0 bridgehead atoms. The van der Waals surface area contributed by atoms with Crippen LogP contribution < -0.4 is 18.9 Å². The van der Waals surface area contributed by atoms with Crippen molar-refractivity contribution in [2.75, 3.05) is 22.7 Å². The smallest absolute Gasteiger partial charge is 0.262 e. The molecule has 10 heteroatoms. The second kappa shape index (κ2) is 8.27. The molecule has 0 aromatic heterocycles. The van der Waals surface area contributed by atoms with Crippen LogP contribution in [-0.2, 0) is 32.9 Å². The van der Waals surface area contributed by atoms with Crippen molar-refractivity contribution in [2.24, 2.45) is 0 Å². The fourth-order valence-corrected chi connectivity index (χ4v) is 6.12. The molecule has 2 aliphatic rings. The first-order chi connectivity index (χ1) is 15.8. The Morgan fingerprint density at radius 1 is 0.606 bits per heavy atom. The van der Waals surface area contributed by atoms with E-state index in [1.54, 1.807) is 18.2 Å². The number of fused-ring (bicyclic) bond motifs is 2. The SMILES string of the molecule is O=S(=O)(Nc1ccc(NS(=O)(=O)c2ccc3c(c2)OCCO3)cc1)c1ccc2c(c1)CCC2. The molecule has 5 rings (SSSR count). The van der Waals surface area contributed by atoms with Crippen LogP contribution in [0.1, 0.15) is 17.5 Å². The predicted octanol–water partition coefficient (Wildman–Crippen LogP) is 3.55. The highest BCUT2D eigenvalue weighted by Crippen LogP contribution is 2.33. The quantitative estimate of drug-likeness (QED) is 0.551. The molecule has 1 heterocycles. The number of anilines is 2. The van der Waals surface area contributed by atoms with Gasteiger partial charge in [0.05, 0.1) is 9.79 Å². The van der Waals surface area contributed by atoms with E-state index in [2.05, 4.69) is 9.44 Å². The Balaban J connectivity index is 1.30. The Hall–Kier alpha value is -3.24. The Kier molecular flexibility index (Phi) is 5.41. The fraction of sp³-hybridized carbons (Fsp3) is 0.217. The lowest BCUT2D eigenvalue weighted by molar-refractivity contribution is 0.171. The van der Waals surface area contributed by atoms with E-state index in [1.807, 2.05) is 6.07 Å². The van der Waals surface area contributed by atoms with Crippen molar-refractivity contribution in [3.63, 3.8) is 0 Å². The summed E-state index contributed by atoms with van der Waals surface area (Å²) in [6.45, 7) is 0.771. The van der Waals surface area contributed by atoms with Crippen LogP contribution >= 0.6 is 0 Å². The third-order valence-corrected chi connectivity index (χ3v) is 8.35. The van der Waals surface area contributed by atoms with Crippen LogP contribution in [0.5, 0.6) is 11.5 Å². The van der Waals surface area contributed by atoms with E-state index >= 15 is 0 Å². The van der Waals surface area contributed by atoms with E-state index < -0.39 is 20.0 Å². The van der Waals surface area contributed by atoms with Gasteiger partial charge in [0, 0.05) is 17.4 Å². The zero-order valence-electron chi connectivity index (χ0n) is 17.6.